The van der Waals surface area contributed by atoms with Crippen molar-refractivity contribution in [1.82, 2.24) is 20.1 Å². The summed E-state index contributed by atoms with van der Waals surface area (Å²) in [6.45, 7) is 9.13. The molecule has 29 heavy (non-hydrogen) atoms. The van der Waals surface area contributed by atoms with Crippen molar-refractivity contribution in [1.29, 1.82) is 0 Å². The molecular formula is C23H28N4O2. The number of ether oxygens (including phenoxy) is 1. The number of carbonyl (C=O) groups excluding carboxylic acids is 1. The highest BCUT2D eigenvalue weighted by Crippen LogP contribution is 2.22. The van der Waals surface area contributed by atoms with Gasteiger partial charge in [-0.25, -0.2) is 9.67 Å². The van der Waals surface area contributed by atoms with Crippen LogP contribution in [0.5, 0.6) is 0 Å². The summed E-state index contributed by atoms with van der Waals surface area (Å²) >= 11 is 0. The van der Waals surface area contributed by atoms with E-state index in [1.807, 2.05) is 64.1 Å². The molecule has 152 valence electrons. The van der Waals surface area contributed by atoms with E-state index in [1.165, 1.54) is 0 Å². The molecule has 1 amide bonds. The summed E-state index contributed by atoms with van der Waals surface area (Å²) in [6, 6.07) is 13.7. The molecule has 0 spiro atoms. The number of nitrogens with zero attached hydrogens (tertiary/aromatic N) is 3. The van der Waals surface area contributed by atoms with Crippen LogP contribution in [0.25, 0.3) is 5.82 Å². The van der Waals surface area contributed by atoms with Gasteiger partial charge in [0.1, 0.15) is 0 Å². The van der Waals surface area contributed by atoms with Crippen LogP contribution in [0.4, 0.5) is 0 Å². The molecule has 0 fully saturated rings. The molecule has 0 radical (unpaired) electrons. The smallest absolute Gasteiger partial charge is 0.255 e. The van der Waals surface area contributed by atoms with Crippen LogP contribution in [0.1, 0.15) is 60.8 Å². The lowest BCUT2D eigenvalue weighted by Gasteiger charge is -2.13. The molecule has 0 saturated heterocycles. The van der Waals surface area contributed by atoms with E-state index in [0.717, 1.165) is 16.8 Å². The maximum atomic E-state index is 12.9. The minimum atomic E-state index is -0.139. The van der Waals surface area contributed by atoms with Crippen molar-refractivity contribution in [2.24, 2.45) is 0 Å². The summed E-state index contributed by atoms with van der Waals surface area (Å²) in [6.07, 6.45) is 3.52. The normalized spacial score (nSPS) is 11.2. The number of hydrogen-bond donors (Lipinski definition) is 1. The Labute approximate surface area is 171 Å². The van der Waals surface area contributed by atoms with Gasteiger partial charge >= 0.3 is 0 Å². The number of hydrogen-bond acceptors (Lipinski definition) is 4. The van der Waals surface area contributed by atoms with Crippen LogP contribution in [-0.2, 0) is 17.9 Å². The molecule has 1 N–H and O–H groups in total. The Bertz CT molecular complexity index is 949. The lowest BCUT2D eigenvalue weighted by Crippen LogP contribution is -2.24. The molecule has 6 nitrogen and oxygen atoms in total. The van der Waals surface area contributed by atoms with Crippen LogP contribution < -0.4 is 5.32 Å². The van der Waals surface area contributed by atoms with E-state index in [-0.39, 0.29) is 17.9 Å². The van der Waals surface area contributed by atoms with E-state index in [2.05, 4.69) is 21.5 Å². The van der Waals surface area contributed by atoms with Gasteiger partial charge in [-0.3, -0.25) is 4.79 Å². The highest BCUT2D eigenvalue weighted by molar-refractivity contribution is 5.95. The lowest BCUT2D eigenvalue weighted by atomic mass is 10.1. The summed E-state index contributed by atoms with van der Waals surface area (Å²) in [5.74, 6) is 0.685. The summed E-state index contributed by atoms with van der Waals surface area (Å²) in [5, 5.41) is 7.43. The van der Waals surface area contributed by atoms with Crippen molar-refractivity contribution in [3.05, 3.63) is 77.2 Å². The van der Waals surface area contributed by atoms with Crippen LogP contribution in [0.2, 0.25) is 0 Å². The first-order valence-electron chi connectivity index (χ1n) is 9.92. The summed E-state index contributed by atoms with van der Waals surface area (Å²) < 4.78 is 7.40. The first-order chi connectivity index (χ1) is 14.0. The minimum Gasteiger partial charge on any atom is -0.374 e. The maximum Gasteiger partial charge on any atom is 0.255 e. The van der Waals surface area contributed by atoms with E-state index in [0.29, 0.717) is 24.5 Å². The Morgan fingerprint density at radius 1 is 1.10 bits per heavy atom. The molecule has 0 atom stereocenters. The van der Waals surface area contributed by atoms with Crippen LogP contribution in [0.15, 0.2) is 54.9 Å². The molecule has 6 heteroatoms. The van der Waals surface area contributed by atoms with Gasteiger partial charge in [0.25, 0.3) is 5.91 Å². The molecule has 3 rings (SSSR count). The van der Waals surface area contributed by atoms with E-state index in [4.69, 9.17) is 4.74 Å². The standard InChI is InChI=1S/C23H28N4O2/c1-16(2)22-20(14-26-27(22)21-10-5-6-11-24-21)23(28)25-13-18-8-7-9-19(12-18)15-29-17(3)4/h5-12,14,16-17H,13,15H2,1-4H3,(H,25,28). The minimum absolute atomic E-state index is 0.122. The average molecular weight is 393 g/mol. The largest absolute Gasteiger partial charge is 0.374 e. The molecule has 0 bridgehead atoms. The second kappa shape index (κ2) is 9.47. The summed E-state index contributed by atoms with van der Waals surface area (Å²) in [7, 11) is 0. The van der Waals surface area contributed by atoms with Gasteiger partial charge in [0.05, 0.1) is 30.2 Å². The molecule has 0 aliphatic heterocycles. The van der Waals surface area contributed by atoms with E-state index >= 15 is 0 Å². The fraction of sp³-hybridized carbons (Fsp3) is 0.348. The predicted octanol–water partition coefficient (Wildman–Crippen LogP) is 4.25. The number of amides is 1. The zero-order chi connectivity index (χ0) is 20.8. The highest BCUT2D eigenvalue weighted by atomic mass is 16.5. The molecule has 3 aromatic rings. The van der Waals surface area contributed by atoms with Gasteiger partial charge in [-0.1, -0.05) is 44.2 Å². The number of nitrogens with one attached hydrogen (secondary N) is 1. The van der Waals surface area contributed by atoms with Crippen molar-refractivity contribution < 1.29 is 9.53 Å². The van der Waals surface area contributed by atoms with Gasteiger partial charge in [0.2, 0.25) is 0 Å². The number of aromatic nitrogens is 3. The molecule has 2 aromatic heterocycles. The van der Waals surface area contributed by atoms with E-state index < -0.39 is 0 Å². The highest BCUT2D eigenvalue weighted by Gasteiger charge is 2.21. The molecule has 1 aromatic carbocycles. The fourth-order valence-electron chi connectivity index (χ4n) is 3.12. The number of pyridine rings is 1. The average Bonchev–Trinajstić information content (AvgIpc) is 3.17. The lowest BCUT2D eigenvalue weighted by molar-refractivity contribution is 0.0657. The summed E-state index contributed by atoms with van der Waals surface area (Å²) in [5.41, 5.74) is 3.55. The van der Waals surface area contributed by atoms with Gasteiger partial charge in [0, 0.05) is 12.7 Å². The third-order valence-electron chi connectivity index (χ3n) is 4.49. The Morgan fingerprint density at radius 2 is 1.90 bits per heavy atom. The molecule has 0 unspecified atom stereocenters. The Balaban J connectivity index is 1.73. The fourth-order valence-corrected chi connectivity index (χ4v) is 3.12. The molecule has 0 aliphatic carbocycles. The van der Waals surface area contributed by atoms with Crippen LogP contribution in [0.3, 0.4) is 0 Å². The first kappa shape index (κ1) is 20.7. The summed E-state index contributed by atoms with van der Waals surface area (Å²) in [4.78, 5) is 17.2. The third-order valence-corrected chi connectivity index (χ3v) is 4.49. The zero-order valence-corrected chi connectivity index (χ0v) is 17.4. The van der Waals surface area contributed by atoms with Gasteiger partial charge in [-0.15, -0.1) is 0 Å². The number of benzene rings is 1. The van der Waals surface area contributed by atoms with E-state index in [1.54, 1.807) is 17.1 Å². The first-order valence-corrected chi connectivity index (χ1v) is 9.92. The quantitative estimate of drug-likeness (QED) is 0.622. The van der Waals surface area contributed by atoms with Gasteiger partial charge < -0.3 is 10.1 Å². The zero-order valence-electron chi connectivity index (χ0n) is 17.4. The molecule has 0 aliphatic rings. The third kappa shape index (κ3) is 5.29. The Morgan fingerprint density at radius 3 is 2.59 bits per heavy atom. The van der Waals surface area contributed by atoms with Gasteiger partial charge in [-0.2, -0.15) is 5.10 Å². The van der Waals surface area contributed by atoms with Gasteiger partial charge in [-0.05, 0) is 43.0 Å². The second-order valence-corrected chi connectivity index (χ2v) is 7.56. The van der Waals surface area contributed by atoms with Crippen LogP contribution >= 0.6 is 0 Å². The van der Waals surface area contributed by atoms with Crippen LogP contribution in [0, 0.1) is 0 Å². The molecular weight excluding hydrogens is 364 g/mol. The van der Waals surface area contributed by atoms with Crippen molar-refractivity contribution >= 4 is 5.91 Å². The SMILES string of the molecule is CC(C)OCc1cccc(CNC(=O)c2cnn(-c3ccccn3)c2C(C)C)c1. The predicted molar refractivity (Wildman–Crippen MR) is 113 cm³/mol. The van der Waals surface area contributed by atoms with Crippen LogP contribution in [-0.4, -0.2) is 26.8 Å². The van der Waals surface area contributed by atoms with Crippen molar-refractivity contribution in [2.75, 3.05) is 0 Å². The second-order valence-electron chi connectivity index (χ2n) is 7.56. The Hall–Kier alpha value is -2.99. The van der Waals surface area contributed by atoms with Crippen molar-refractivity contribution in [3.63, 3.8) is 0 Å². The van der Waals surface area contributed by atoms with Crippen molar-refractivity contribution in [3.8, 4) is 5.82 Å². The maximum absolute atomic E-state index is 12.9. The Kier molecular flexibility index (Phi) is 6.77. The molecule has 2 heterocycles. The van der Waals surface area contributed by atoms with Gasteiger partial charge in [0.15, 0.2) is 5.82 Å². The number of rotatable bonds is 8. The van der Waals surface area contributed by atoms with Crippen molar-refractivity contribution in [2.45, 2.75) is 52.9 Å². The van der Waals surface area contributed by atoms with E-state index in [9.17, 15) is 4.79 Å². The monoisotopic (exact) mass is 392 g/mol. The molecule has 0 saturated carbocycles. The topological polar surface area (TPSA) is 69.0 Å². The number of carbonyl (C=O) groups is 1.